The summed E-state index contributed by atoms with van der Waals surface area (Å²) < 4.78 is 6.71. The van der Waals surface area contributed by atoms with Crippen molar-refractivity contribution in [3.8, 4) is 0 Å². The van der Waals surface area contributed by atoms with Crippen molar-refractivity contribution in [2.24, 2.45) is 0 Å². The van der Waals surface area contributed by atoms with Crippen molar-refractivity contribution < 1.29 is 9.53 Å². The third-order valence-corrected chi connectivity index (χ3v) is 3.97. The Morgan fingerprint density at radius 1 is 1.45 bits per heavy atom. The molecule has 6 nitrogen and oxygen atoms in total. The summed E-state index contributed by atoms with van der Waals surface area (Å²) in [5, 5.41) is 0. The van der Waals surface area contributed by atoms with Crippen LogP contribution >= 0.6 is 0 Å². The average Bonchev–Trinajstić information content (AvgIpc) is 2.75. The molecule has 0 spiro atoms. The van der Waals surface area contributed by atoms with Gasteiger partial charge in [-0.3, -0.25) is 0 Å². The maximum Gasteiger partial charge on any atom is 0.360 e. The minimum Gasteiger partial charge on any atom is -0.464 e. The summed E-state index contributed by atoms with van der Waals surface area (Å²) in [6.45, 7) is 7.39. The van der Waals surface area contributed by atoms with Gasteiger partial charge in [0.25, 0.3) is 0 Å². The Morgan fingerprint density at radius 2 is 2.10 bits per heavy atom. The molecule has 0 atom stereocenters. The molecule has 0 unspecified atom stereocenters. The number of anilines is 1. The number of likely N-dealkylation sites (tertiary alicyclic amines) is 1. The minimum atomic E-state index is -0.465. The number of methoxy groups -OCH3 is 1. The van der Waals surface area contributed by atoms with Crippen molar-refractivity contribution in [2.75, 3.05) is 32.5 Å². The molecule has 112 valence electrons. The molecule has 20 heavy (non-hydrogen) atoms. The largest absolute Gasteiger partial charge is 0.464 e. The molecular weight excluding hydrogens is 256 g/mol. The fourth-order valence-corrected chi connectivity index (χ4v) is 2.99. The van der Waals surface area contributed by atoms with Gasteiger partial charge in [0.15, 0.2) is 5.69 Å². The summed E-state index contributed by atoms with van der Waals surface area (Å²) in [5.74, 6) is 0.757. The predicted octanol–water partition coefficient (Wildman–Crippen LogP) is 1.61. The zero-order chi connectivity index (χ0) is 14.7. The Kier molecular flexibility index (Phi) is 4.65. The maximum atomic E-state index is 11.6. The van der Waals surface area contributed by atoms with Crippen molar-refractivity contribution in [2.45, 2.75) is 39.2 Å². The summed E-state index contributed by atoms with van der Waals surface area (Å²) in [6, 6.07) is 0.328. The fourth-order valence-electron chi connectivity index (χ4n) is 2.99. The SMILES string of the molecule is CCCN1CCC(n2c(C)nc(C(=O)OC)c2N)CC1. The Morgan fingerprint density at radius 3 is 2.65 bits per heavy atom. The number of piperidine rings is 1. The molecule has 0 amide bonds. The number of nitrogens with two attached hydrogens (primary N) is 1. The van der Waals surface area contributed by atoms with Crippen LogP contribution < -0.4 is 5.73 Å². The van der Waals surface area contributed by atoms with E-state index in [1.54, 1.807) is 0 Å². The predicted molar refractivity (Wildman–Crippen MR) is 77.7 cm³/mol. The third-order valence-electron chi connectivity index (χ3n) is 3.97. The molecule has 2 rings (SSSR count). The molecule has 2 N–H and O–H groups in total. The van der Waals surface area contributed by atoms with E-state index in [0.29, 0.717) is 11.9 Å². The molecule has 1 aromatic rings. The minimum absolute atomic E-state index is 0.237. The quantitative estimate of drug-likeness (QED) is 0.848. The fraction of sp³-hybridized carbons (Fsp3) is 0.714. The van der Waals surface area contributed by atoms with Crippen molar-refractivity contribution in [3.05, 3.63) is 11.5 Å². The first kappa shape index (κ1) is 14.8. The second-order valence-electron chi connectivity index (χ2n) is 5.33. The number of carbonyl (C=O) groups is 1. The molecule has 2 heterocycles. The molecule has 0 bridgehead atoms. The highest BCUT2D eigenvalue weighted by Gasteiger charge is 2.26. The Hall–Kier alpha value is -1.56. The lowest BCUT2D eigenvalue weighted by Gasteiger charge is -2.33. The summed E-state index contributed by atoms with van der Waals surface area (Å²) in [7, 11) is 1.35. The lowest BCUT2D eigenvalue weighted by Crippen LogP contribution is -2.35. The number of aryl methyl sites for hydroxylation is 1. The number of hydrogen-bond acceptors (Lipinski definition) is 5. The van der Waals surface area contributed by atoms with Crippen LogP contribution in [0.25, 0.3) is 0 Å². The molecule has 1 aromatic heterocycles. The first-order valence-electron chi connectivity index (χ1n) is 7.23. The van der Waals surface area contributed by atoms with Crippen molar-refractivity contribution >= 4 is 11.8 Å². The molecule has 0 aromatic carbocycles. The molecule has 0 saturated carbocycles. The molecule has 1 fully saturated rings. The van der Waals surface area contributed by atoms with E-state index in [-0.39, 0.29) is 5.69 Å². The first-order chi connectivity index (χ1) is 9.58. The van der Waals surface area contributed by atoms with E-state index in [1.165, 1.54) is 13.5 Å². The molecule has 0 aliphatic carbocycles. The van der Waals surface area contributed by atoms with Crippen LogP contribution in [-0.4, -0.2) is 47.2 Å². The van der Waals surface area contributed by atoms with E-state index < -0.39 is 5.97 Å². The highest BCUT2D eigenvalue weighted by Crippen LogP contribution is 2.28. The van der Waals surface area contributed by atoms with Crippen LogP contribution in [-0.2, 0) is 4.74 Å². The van der Waals surface area contributed by atoms with Gasteiger partial charge < -0.3 is 19.9 Å². The van der Waals surface area contributed by atoms with E-state index in [9.17, 15) is 4.79 Å². The van der Waals surface area contributed by atoms with Gasteiger partial charge in [0.05, 0.1) is 7.11 Å². The van der Waals surface area contributed by atoms with Crippen molar-refractivity contribution in [1.82, 2.24) is 14.5 Å². The monoisotopic (exact) mass is 280 g/mol. The number of imidazole rings is 1. The number of nitrogens with zero attached hydrogens (tertiary/aromatic N) is 3. The lowest BCUT2D eigenvalue weighted by atomic mass is 10.0. The molecule has 1 aliphatic heterocycles. The summed E-state index contributed by atoms with van der Waals surface area (Å²) in [4.78, 5) is 18.4. The van der Waals surface area contributed by atoms with Crippen LogP contribution in [0, 0.1) is 6.92 Å². The molecule has 6 heteroatoms. The van der Waals surface area contributed by atoms with Gasteiger partial charge >= 0.3 is 5.97 Å². The van der Waals surface area contributed by atoms with Crippen molar-refractivity contribution in [3.63, 3.8) is 0 Å². The van der Waals surface area contributed by atoms with Gasteiger partial charge in [0.1, 0.15) is 11.6 Å². The number of rotatable bonds is 4. The number of carbonyl (C=O) groups excluding carboxylic acids is 1. The zero-order valence-electron chi connectivity index (χ0n) is 12.6. The van der Waals surface area contributed by atoms with Crippen LogP contribution in [0.5, 0.6) is 0 Å². The molecule has 0 radical (unpaired) electrons. The Balaban J connectivity index is 2.14. The van der Waals surface area contributed by atoms with E-state index in [2.05, 4.69) is 16.8 Å². The highest BCUT2D eigenvalue weighted by atomic mass is 16.5. The third kappa shape index (κ3) is 2.80. The van der Waals surface area contributed by atoms with Gasteiger partial charge in [-0.2, -0.15) is 0 Å². The number of ether oxygens (including phenoxy) is 1. The van der Waals surface area contributed by atoms with Gasteiger partial charge in [0.2, 0.25) is 0 Å². The smallest absolute Gasteiger partial charge is 0.360 e. The number of esters is 1. The van der Waals surface area contributed by atoms with Crippen LogP contribution in [0.4, 0.5) is 5.82 Å². The van der Waals surface area contributed by atoms with Gasteiger partial charge in [0, 0.05) is 19.1 Å². The standard InChI is InChI=1S/C14H24N4O2/c1-4-7-17-8-5-11(6-9-17)18-10(2)16-12(13(18)15)14(19)20-3/h11H,4-9,15H2,1-3H3. The number of hydrogen-bond donors (Lipinski definition) is 1. The number of aromatic nitrogens is 2. The maximum absolute atomic E-state index is 11.6. The summed E-state index contributed by atoms with van der Waals surface area (Å²) in [5.41, 5.74) is 6.33. The van der Waals surface area contributed by atoms with Crippen LogP contribution in [0.1, 0.15) is 48.5 Å². The van der Waals surface area contributed by atoms with Gasteiger partial charge in [-0.15, -0.1) is 0 Å². The van der Waals surface area contributed by atoms with E-state index >= 15 is 0 Å². The van der Waals surface area contributed by atoms with Gasteiger partial charge in [-0.05, 0) is 32.7 Å². The van der Waals surface area contributed by atoms with Crippen molar-refractivity contribution in [1.29, 1.82) is 0 Å². The van der Waals surface area contributed by atoms with E-state index in [4.69, 9.17) is 10.5 Å². The average molecular weight is 280 g/mol. The van der Waals surface area contributed by atoms with Crippen LogP contribution in [0.2, 0.25) is 0 Å². The van der Waals surface area contributed by atoms with Crippen LogP contribution in [0.15, 0.2) is 0 Å². The second kappa shape index (κ2) is 6.26. The molecule has 1 saturated heterocycles. The Labute approximate surface area is 119 Å². The lowest BCUT2D eigenvalue weighted by molar-refractivity contribution is 0.0595. The summed E-state index contributed by atoms with van der Waals surface area (Å²) >= 11 is 0. The van der Waals surface area contributed by atoms with Gasteiger partial charge in [-0.1, -0.05) is 6.92 Å². The molecular formula is C14H24N4O2. The number of nitrogen functional groups attached to an aromatic ring is 1. The van der Waals surface area contributed by atoms with Gasteiger partial charge in [-0.25, -0.2) is 9.78 Å². The normalized spacial score (nSPS) is 17.4. The highest BCUT2D eigenvalue weighted by molar-refractivity contribution is 5.92. The second-order valence-corrected chi connectivity index (χ2v) is 5.33. The first-order valence-corrected chi connectivity index (χ1v) is 7.23. The Bertz CT molecular complexity index is 476. The van der Waals surface area contributed by atoms with Crippen LogP contribution in [0.3, 0.4) is 0 Å². The zero-order valence-corrected chi connectivity index (χ0v) is 12.6. The van der Waals surface area contributed by atoms with E-state index in [0.717, 1.165) is 38.3 Å². The topological polar surface area (TPSA) is 73.4 Å². The summed E-state index contributed by atoms with van der Waals surface area (Å²) in [6.07, 6.45) is 3.27. The molecule has 1 aliphatic rings. The van der Waals surface area contributed by atoms with E-state index in [1.807, 2.05) is 11.5 Å².